The molecule has 0 unspecified atom stereocenters. The molecule has 0 aliphatic rings. The maximum absolute atomic E-state index is 11.7. The molecular formula is C18H21N5O2S. The van der Waals surface area contributed by atoms with Gasteiger partial charge >= 0.3 is 0 Å². The van der Waals surface area contributed by atoms with Crippen molar-refractivity contribution in [2.75, 3.05) is 18.9 Å². The summed E-state index contributed by atoms with van der Waals surface area (Å²) in [5.74, 6) is -0.0305. The zero-order chi connectivity index (χ0) is 18.4. The van der Waals surface area contributed by atoms with Crippen molar-refractivity contribution < 1.29 is 8.42 Å². The Morgan fingerprint density at radius 2 is 2.19 bits per heavy atom. The van der Waals surface area contributed by atoms with E-state index in [-0.39, 0.29) is 5.75 Å². The number of aliphatic imine (C=N–C) groups is 1. The first-order valence-corrected chi connectivity index (χ1v) is 9.87. The lowest BCUT2D eigenvalue weighted by atomic mass is 10.1. The Kier molecular flexibility index (Phi) is 5.65. The number of pyridine rings is 1. The predicted octanol–water partition coefficient (Wildman–Crippen LogP) is 2.29. The van der Waals surface area contributed by atoms with Gasteiger partial charge in [0.1, 0.15) is 0 Å². The average Bonchev–Trinajstić information content (AvgIpc) is 3.04. The Morgan fingerprint density at radius 1 is 1.31 bits per heavy atom. The highest BCUT2D eigenvalue weighted by Gasteiger charge is 2.10. The Bertz CT molecular complexity index is 997. The minimum atomic E-state index is -3.28. The number of sulfonamides is 1. The quantitative estimate of drug-likeness (QED) is 0.418. The molecule has 0 radical (unpaired) electrons. The summed E-state index contributed by atoms with van der Waals surface area (Å²) >= 11 is 0. The van der Waals surface area contributed by atoms with Crippen LogP contribution in [0.25, 0.3) is 10.9 Å². The fourth-order valence-corrected chi connectivity index (χ4v) is 3.39. The number of aromatic amines is 1. The Labute approximate surface area is 152 Å². The van der Waals surface area contributed by atoms with Crippen LogP contribution in [0, 0.1) is 0 Å². The molecule has 0 saturated carbocycles. The number of anilines is 1. The number of hydrogen-bond acceptors (Lipinski definition) is 4. The number of fused-ring (bicyclic) bond motifs is 1. The molecule has 7 nitrogen and oxygen atoms in total. The molecule has 136 valence electrons. The third kappa shape index (κ3) is 4.68. The standard InChI is InChI=1S/C18H21N5O2S/c1-19-26(24,25)12-14-4-5-18-17(9-14)15(10-22-18)6-8-21-13-23-16-3-2-7-20-11-16/h2-5,7,9-11,13,19,22H,6,8,12H2,1H3,(H,21,23). The fraction of sp³-hybridized carbons (Fsp3) is 0.222. The van der Waals surface area contributed by atoms with E-state index >= 15 is 0 Å². The van der Waals surface area contributed by atoms with E-state index in [1.165, 1.54) is 7.05 Å². The lowest BCUT2D eigenvalue weighted by Gasteiger charge is -2.04. The SMILES string of the molecule is CNS(=O)(=O)Cc1ccc2[nH]cc(CCN=CNc3cccnc3)c2c1. The molecule has 0 spiro atoms. The van der Waals surface area contributed by atoms with E-state index in [1.54, 1.807) is 18.7 Å². The molecule has 0 bridgehead atoms. The second-order valence-corrected chi connectivity index (χ2v) is 7.75. The molecule has 3 aromatic rings. The largest absolute Gasteiger partial charge is 0.361 e. The number of rotatable bonds is 8. The summed E-state index contributed by atoms with van der Waals surface area (Å²) in [6.45, 7) is 0.624. The van der Waals surface area contributed by atoms with Crippen LogP contribution in [0.1, 0.15) is 11.1 Å². The minimum absolute atomic E-state index is 0.0305. The lowest BCUT2D eigenvalue weighted by molar-refractivity contribution is 0.587. The fourth-order valence-electron chi connectivity index (χ4n) is 2.63. The summed E-state index contributed by atoms with van der Waals surface area (Å²) in [5.41, 5.74) is 3.75. The highest BCUT2D eigenvalue weighted by atomic mass is 32.2. The second-order valence-electron chi connectivity index (χ2n) is 5.83. The topological polar surface area (TPSA) is 99.2 Å². The molecule has 0 aliphatic heterocycles. The molecule has 0 fully saturated rings. The smallest absolute Gasteiger partial charge is 0.215 e. The van der Waals surface area contributed by atoms with Gasteiger partial charge in [-0.1, -0.05) is 6.07 Å². The molecule has 8 heteroatoms. The number of hydrogen-bond donors (Lipinski definition) is 3. The lowest BCUT2D eigenvalue weighted by Crippen LogP contribution is -2.20. The first-order chi connectivity index (χ1) is 12.6. The normalized spacial score (nSPS) is 12.0. The summed E-state index contributed by atoms with van der Waals surface area (Å²) in [5, 5.41) is 4.10. The summed E-state index contributed by atoms with van der Waals surface area (Å²) in [6.07, 6.45) is 7.82. The van der Waals surface area contributed by atoms with Crippen molar-refractivity contribution in [3.8, 4) is 0 Å². The molecular weight excluding hydrogens is 350 g/mol. The van der Waals surface area contributed by atoms with Crippen molar-refractivity contribution in [2.45, 2.75) is 12.2 Å². The molecule has 26 heavy (non-hydrogen) atoms. The summed E-state index contributed by atoms with van der Waals surface area (Å²) in [6, 6.07) is 9.43. The van der Waals surface area contributed by atoms with Crippen LogP contribution in [0.4, 0.5) is 5.69 Å². The van der Waals surface area contributed by atoms with Gasteiger partial charge in [0, 0.05) is 29.8 Å². The van der Waals surface area contributed by atoms with E-state index in [1.807, 2.05) is 36.5 Å². The van der Waals surface area contributed by atoms with Crippen LogP contribution in [0.3, 0.4) is 0 Å². The Morgan fingerprint density at radius 3 is 2.96 bits per heavy atom. The van der Waals surface area contributed by atoms with Crippen LogP contribution in [0.5, 0.6) is 0 Å². The van der Waals surface area contributed by atoms with Gasteiger partial charge < -0.3 is 10.3 Å². The Hall–Kier alpha value is -2.71. The van der Waals surface area contributed by atoms with Crippen molar-refractivity contribution in [3.05, 3.63) is 60.0 Å². The van der Waals surface area contributed by atoms with Crippen LogP contribution in [-0.4, -0.2) is 38.3 Å². The van der Waals surface area contributed by atoms with Crippen LogP contribution in [0.2, 0.25) is 0 Å². The highest BCUT2D eigenvalue weighted by molar-refractivity contribution is 7.88. The maximum Gasteiger partial charge on any atom is 0.215 e. The zero-order valence-electron chi connectivity index (χ0n) is 14.4. The van der Waals surface area contributed by atoms with Crippen molar-refractivity contribution in [1.82, 2.24) is 14.7 Å². The van der Waals surface area contributed by atoms with Gasteiger partial charge in [0.2, 0.25) is 10.0 Å². The predicted molar refractivity (Wildman–Crippen MR) is 105 cm³/mol. The summed E-state index contributed by atoms with van der Waals surface area (Å²) in [7, 11) is -1.86. The monoisotopic (exact) mass is 371 g/mol. The van der Waals surface area contributed by atoms with Gasteiger partial charge in [0.15, 0.2) is 0 Å². The number of H-pyrrole nitrogens is 1. The van der Waals surface area contributed by atoms with Crippen molar-refractivity contribution in [2.24, 2.45) is 4.99 Å². The molecule has 3 N–H and O–H groups in total. The molecule has 0 saturated heterocycles. The Balaban J connectivity index is 1.64. The van der Waals surface area contributed by atoms with Gasteiger partial charge in [-0.2, -0.15) is 0 Å². The summed E-state index contributed by atoms with van der Waals surface area (Å²) in [4.78, 5) is 11.6. The van der Waals surface area contributed by atoms with Gasteiger partial charge in [-0.15, -0.1) is 0 Å². The van der Waals surface area contributed by atoms with E-state index in [9.17, 15) is 8.42 Å². The van der Waals surface area contributed by atoms with E-state index < -0.39 is 10.0 Å². The molecule has 2 heterocycles. The van der Waals surface area contributed by atoms with E-state index in [0.29, 0.717) is 6.54 Å². The third-order valence-corrected chi connectivity index (χ3v) is 5.33. The highest BCUT2D eigenvalue weighted by Crippen LogP contribution is 2.21. The minimum Gasteiger partial charge on any atom is -0.361 e. The van der Waals surface area contributed by atoms with Crippen molar-refractivity contribution >= 4 is 33.0 Å². The average molecular weight is 371 g/mol. The second kappa shape index (κ2) is 8.11. The zero-order valence-corrected chi connectivity index (χ0v) is 15.3. The number of benzene rings is 1. The van der Waals surface area contributed by atoms with Gasteiger partial charge in [-0.05, 0) is 48.9 Å². The first kappa shape index (κ1) is 18.1. The third-order valence-electron chi connectivity index (χ3n) is 3.99. The maximum atomic E-state index is 11.7. The van der Waals surface area contributed by atoms with E-state index in [4.69, 9.17) is 0 Å². The first-order valence-electron chi connectivity index (χ1n) is 8.22. The molecule has 0 aliphatic carbocycles. The van der Waals surface area contributed by atoms with Gasteiger partial charge in [-0.25, -0.2) is 13.1 Å². The van der Waals surface area contributed by atoms with E-state index in [0.717, 1.165) is 34.1 Å². The van der Waals surface area contributed by atoms with Gasteiger partial charge in [0.25, 0.3) is 0 Å². The van der Waals surface area contributed by atoms with Crippen LogP contribution in [0.15, 0.2) is 53.9 Å². The number of aromatic nitrogens is 2. The molecule has 1 aromatic carbocycles. The van der Waals surface area contributed by atoms with E-state index in [2.05, 4.69) is 25.0 Å². The van der Waals surface area contributed by atoms with Gasteiger partial charge in [0.05, 0.1) is 24.0 Å². The summed E-state index contributed by atoms with van der Waals surface area (Å²) < 4.78 is 25.8. The molecule has 2 aromatic heterocycles. The number of nitrogens with one attached hydrogen (secondary N) is 3. The number of nitrogens with zero attached hydrogens (tertiary/aromatic N) is 2. The molecule has 3 rings (SSSR count). The molecule has 0 atom stereocenters. The van der Waals surface area contributed by atoms with Crippen LogP contribution < -0.4 is 10.0 Å². The van der Waals surface area contributed by atoms with Crippen molar-refractivity contribution in [1.29, 1.82) is 0 Å². The van der Waals surface area contributed by atoms with Crippen LogP contribution in [-0.2, 0) is 22.2 Å². The van der Waals surface area contributed by atoms with Crippen LogP contribution >= 0.6 is 0 Å². The van der Waals surface area contributed by atoms with Crippen molar-refractivity contribution in [3.63, 3.8) is 0 Å². The van der Waals surface area contributed by atoms with Gasteiger partial charge in [-0.3, -0.25) is 9.98 Å². The molecule has 0 amide bonds.